The molecule has 1 heterocycles. The van der Waals surface area contributed by atoms with Crippen LogP contribution in [-0.4, -0.2) is 48.6 Å². The fourth-order valence-corrected chi connectivity index (χ4v) is 2.05. The van der Waals surface area contributed by atoms with Gasteiger partial charge in [0.15, 0.2) is 0 Å². The Labute approximate surface area is 101 Å². The van der Waals surface area contributed by atoms with Crippen LogP contribution >= 0.6 is 0 Å². The average molecular weight is 240 g/mol. The number of likely N-dealkylation sites (tertiary alicyclic amines) is 1. The first-order valence-corrected chi connectivity index (χ1v) is 6.22. The fraction of sp³-hybridized carbons (Fsp3) is 0.818. The quantitative estimate of drug-likeness (QED) is 0.613. The molecule has 1 saturated heterocycles. The highest BCUT2D eigenvalue weighted by Gasteiger charge is 2.24. The van der Waals surface area contributed by atoms with Crippen LogP contribution < -0.4 is 16.4 Å². The van der Waals surface area contributed by atoms with Crippen LogP contribution in [0.15, 0.2) is 0 Å². The van der Waals surface area contributed by atoms with E-state index in [0.29, 0.717) is 31.7 Å². The zero-order chi connectivity index (χ0) is 12.3. The second-order valence-corrected chi connectivity index (χ2v) is 4.82. The second-order valence-electron chi connectivity index (χ2n) is 4.82. The van der Waals surface area contributed by atoms with Crippen LogP contribution in [0.25, 0.3) is 0 Å². The number of hydrogen-bond donors (Lipinski definition) is 3. The topological polar surface area (TPSA) is 87.5 Å². The van der Waals surface area contributed by atoms with Crippen molar-refractivity contribution in [3.63, 3.8) is 0 Å². The number of primary amides is 1. The Morgan fingerprint density at radius 1 is 1.12 bits per heavy atom. The van der Waals surface area contributed by atoms with Crippen molar-refractivity contribution in [1.29, 1.82) is 0 Å². The first kappa shape index (κ1) is 12.2. The maximum absolute atomic E-state index is 11.5. The van der Waals surface area contributed by atoms with Crippen LogP contribution in [-0.2, 0) is 4.79 Å². The van der Waals surface area contributed by atoms with E-state index in [2.05, 4.69) is 10.6 Å². The van der Waals surface area contributed by atoms with Gasteiger partial charge in [-0.15, -0.1) is 0 Å². The van der Waals surface area contributed by atoms with Gasteiger partial charge in [-0.05, 0) is 25.7 Å². The minimum Gasteiger partial charge on any atom is -0.352 e. The van der Waals surface area contributed by atoms with E-state index in [1.54, 1.807) is 4.90 Å². The normalized spacial score (nSPS) is 21.3. The maximum atomic E-state index is 11.5. The highest BCUT2D eigenvalue weighted by molar-refractivity contribution is 5.78. The Morgan fingerprint density at radius 2 is 1.76 bits per heavy atom. The van der Waals surface area contributed by atoms with E-state index in [1.807, 2.05) is 0 Å². The van der Waals surface area contributed by atoms with Gasteiger partial charge in [0.25, 0.3) is 0 Å². The number of nitrogens with zero attached hydrogens (tertiary/aromatic N) is 1. The number of piperidine rings is 1. The molecule has 0 bridgehead atoms. The molecule has 6 heteroatoms. The molecule has 0 aromatic carbocycles. The number of urea groups is 1. The van der Waals surface area contributed by atoms with Crippen molar-refractivity contribution in [2.45, 2.75) is 37.8 Å². The van der Waals surface area contributed by atoms with Crippen molar-refractivity contribution in [2.75, 3.05) is 19.6 Å². The molecule has 3 amide bonds. The number of rotatable bonds is 4. The SMILES string of the molecule is NC(=O)N1CCC(NCC(=O)NC2CC2)CC1. The van der Waals surface area contributed by atoms with E-state index in [-0.39, 0.29) is 11.9 Å². The van der Waals surface area contributed by atoms with Gasteiger partial charge in [0, 0.05) is 25.2 Å². The van der Waals surface area contributed by atoms with Crippen LogP contribution in [0.2, 0.25) is 0 Å². The monoisotopic (exact) mass is 240 g/mol. The van der Waals surface area contributed by atoms with E-state index in [0.717, 1.165) is 25.7 Å². The van der Waals surface area contributed by atoms with E-state index >= 15 is 0 Å². The van der Waals surface area contributed by atoms with Gasteiger partial charge in [0.1, 0.15) is 0 Å². The number of carbonyl (C=O) groups is 2. The third kappa shape index (κ3) is 3.89. The Hall–Kier alpha value is -1.30. The summed E-state index contributed by atoms with van der Waals surface area (Å²) in [5.41, 5.74) is 5.20. The van der Waals surface area contributed by atoms with Gasteiger partial charge in [0.05, 0.1) is 6.54 Å². The molecule has 2 rings (SSSR count). The predicted molar refractivity (Wildman–Crippen MR) is 63.3 cm³/mol. The van der Waals surface area contributed by atoms with Gasteiger partial charge in [-0.3, -0.25) is 4.79 Å². The molecule has 1 saturated carbocycles. The summed E-state index contributed by atoms with van der Waals surface area (Å²) < 4.78 is 0. The Morgan fingerprint density at radius 3 is 2.29 bits per heavy atom. The number of carbonyl (C=O) groups excluding carboxylic acids is 2. The molecule has 2 fully saturated rings. The minimum atomic E-state index is -0.352. The molecular weight excluding hydrogens is 220 g/mol. The van der Waals surface area contributed by atoms with Crippen LogP contribution in [0.1, 0.15) is 25.7 Å². The Bertz CT molecular complexity index is 296. The van der Waals surface area contributed by atoms with Crippen LogP contribution in [0.4, 0.5) is 4.79 Å². The summed E-state index contributed by atoms with van der Waals surface area (Å²) in [5.74, 6) is 0.0739. The van der Waals surface area contributed by atoms with E-state index < -0.39 is 0 Å². The largest absolute Gasteiger partial charge is 0.352 e. The molecule has 17 heavy (non-hydrogen) atoms. The van der Waals surface area contributed by atoms with Gasteiger partial charge in [0.2, 0.25) is 5.91 Å². The van der Waals surface area contributed by atoms with Gasteiger partial charge in [-0.1, -0.05) is 0 Å². The fourth-order valence-electron chi connectivity index (χ4n) is 2.05. The zero-order valence-electron chi connectivity index (χ0n) is 9.95. The average Bonchev–Trinajstić information content (AvgIpc) is 3.11. The third-order valence-corrected chi connectivity index (χ3v) is 3.30. The van der Waals surface area contributed by atoms with Crippen molar-refractivity contribution in [3.05, 3.63) is 0 Å². The summed E-state index contributed by atoms with van der Waals surface area (Å²) >= 11 is 0. The standard InChI is InChI=1S/C11H20N4O2/c12-11(17)15-5-3-8(4-6-15)13-7-10(16)14-9-1-2-9/h8-9,13H,1-7H2,(H2,12,17)(H,14,16). The van der Waals surface area contributed by atoms with Crippen molar-refractivity contribution in [3.8, 4) is 0 Å². The lowest BCUT2D eigenvalue weighted by atomic mass is 10.1. The Kier molecular flexibility index (Phi) is 3.83. The third-order valence-electron chi connectivity index (χ3n) is 3.30. The number of nitrogens with one attached hydrogen (secondary N) is 2. The van der Waals surface area contributed by atoms with Gasteiger partial charge in [-0.2, -0.15) is 0 Å². The molecule has 1 aliphatic heterocycles. The van der Waals surface area contributed by atoms with Crippen molar-refractivity contribution >= 4 is 11.9 Å². The number of hydrogen-bond acceptors (Lipinski definition) is 3. The summed E-state index contributed by atoms with van der Waals surface area (Å²) in [7, 11) is 0. The molecular formula is C11H20N4O2. The first-order chi connectivity index (χ1) is 8.15. The summed E-state index contributed by atoms with van der Waals surface area (Å²) in [4.78, 5) is 24.0. The van der Waals surface area contributed by atoms with Crippen molar-refractivity contribution in [2.24, 2.45) is 5.73 Å². The minimum absolute atomic E-state index is 0.0739. The van der Waals surface area contributed by atoms with Crippen LogP contribution in [0.3, 0.4) is 0 Å². The second kappa shape index (κ2) is 5.35. The van der Waals surface area contributed by atoms with Gasteiger partial charge in [-0.25, -0.2) is 4.79 Å². The first-order valence-electron chi connectivity index (χ1n) is 6.22. The molecule has 0 aromatic heterocycles. The molecule has 96 valence electrons. The summed E-state index contributed by atoms with van der Waals surface area (Å²) in [5, 5.41) is 6.16. The zero-order valence-corrected chi connectivity index (χ0v) is 9.95. The molecule has 6 nitrogen and oxygen atoms in total. The van der Waals surface area contributed by atoms with E-state index in [4.69, 9.17) is 5.73 Å². The molecule has 1 aliphatic carbocycles. The van der Waals surface area contributed by atoms with E-state index in [1.165, 1.54) is 0 Å². The number of nitrogens with two attached hydrogens (primary N) is 1. The highest BCUT2D eigenvalue weighted by atomic mass is 16.2. The molecule has 0 radical (unpaired) electrons. The number of amides is 3. The lowest BCUT2D eigenvalue weighted by Crippen LogP contribution is -2.48. The summed E-state index contributed by atoms with van der Waals surface area (Å²) in [6, 6.07) is 0.381. The molecule has 2 aliphatic rings. The smallest absolute Gasteiger partial charge is 0.314 e. The maximum Gasteiger partial charge on any atom is 0.314 e. The molecule has 4 N–H and O–H groups in total. The van der Waals surface area contributed by atoms with Crippen LogP contribution in [0.5, 0.6) is 0 Å². The van der Waals surface area contributed by atoms with Gasteiger partial charge < -0.3 is 21.3 Å². The molecule has 0 atom stereocenters. The van der Waals surface area contributed by atoms with Crippen LogP contribution in [0, 0.1) is 0 Å². The summed E-state index contributed by atoms with van der Waals surface area (Å²) in [6.07, 6.45) is 3.95. The summed E-state index contributed by atoms with van der Waals surface area (Å²) in [6.45, 7) is 1.73. The van der Waals surface area contributed by atoms with Crippen molar-refractivity contribution < 1.29 is 9.59 Å². The predicted octanol–water partition coefficient (Wildman–Crippen LogP) is -0.602. The lowest BCUT2D eigenvalue weighted by molar-refractivity contribution is -0.120. The van der Waals surface area contributed by atoms with Gasteiger partial charge >= 0.3 is 6.03 Å². The lowest BCUT2D eigenvalue weighted by Gasteiger charge is -2.31. The molecule has 0 unspecified atom stereocenters. The molecule has 0 spiro atoms. The molecule has 0 aromatic rings. The van der Waals surface area contributed by atoms with E-state index in [9.17, 15) is 9.59 Å². The van der Waals surface area contributed by atoms with Crippen molar-refractivity contribution in [1.82, 2.24) is 15.5 Å². The highest BCUT2D eigenvalue weighted by Crippen LogP contribution is 2.18. The Balaban J connectivity index is 1.60.